The molecule has 2 aliphatic heterocycles. The van der Waals surface area contributed by atoms with Crippen LogP contribution in [0.2, 0.25) is 0 Å². The third kappa shape index (κ3) is 3.13. The molecule has 7 heteroatoms. The molecule has 0 bridgehead atoms. The van der Waals surface area contributed by atoms with Crippen molar-refractivity contribution in [3.05, 3.63) is 59.1 Å². The summed E-state index contributed by atoms with van der Waals surface area (Å²) in [6.45, 7) is 0. The number of para-hydroxylation sites is 1. The predicted molar refractivity (Wildman–Crippen MR) is 119 cm³/mol. The number of fused-ring (bicyclic) bond motifs is 1. The van der Waals surface area contributed by atoms with E-state index in [1.807, 2.05) is 47.4 Å². The number of anilines is 1. The van der Waals surface area contributed by atoms with Crippen LogP contribution in [-0.4, -0.2) is 40.0 Å². The predicted octanol–water partition coefficient (Wildman–Crippen LogP) is 4.36. The molecular formula is C23H22N4O2S. The van der Waals surface area contributed by atoms with Crippen molar-refractivity contribution in [1.29, 1.82) is 0 Å². The Morgan fingerprint density at radius 3 is 2.53 bits per heavy atom. The zero-order chi connectivity index (χ0) is 20.7. The van der Waals surface area contributed by atoms with Gasteiger partial charge in [-0.05, 0) is 42.8 Å². The first kappa shape index (κ1) is 19.1. The van der Waals surface area contributed by atoms with E-state index in [9.17, 15) is 9.59 Å². The van der Waals surface area contributed by atoms with Crippen LogP contribution in [0.15, 0.2) is 58.6 Å². The number of aromatic nitrogens is 1. The van der Waals surface area contributed by atoms with Crippen molar-refractivity contribution in [3.63, 3.8) is 0 Å². The van der Waals surface area contributed by atoms with Crippen molar-refractivity contribution in [2.45, 2.75) is 38.1 Å². The van der Waals surface area contributed by atoms with Gasteiger partial charge in [0.1, 0.15) is 0 Å². The van der Waals surface area contributed by atoms with Crippen LogP contribution >= 0.6 is 11.8 Å². The molecule has 1 aromatic heterocycles. The van der Waals surface area contributed by atoms with Crippen LogP contribution < -0.4 is 4.90 Å². The van der Waals surface area contributed by atoms with E-state index in [1.54, 1.807) is 18.1 Å². The lowest BCUT2D eigenvalue weighted by molar-refractivity contribution is -0.124. The molecule has 0 spiro atoms. The minimum atomic E-state index is -0.144. The molecular weight excluding hydrogens is 396 g/mol. The van der Waals surface area contributed by atoms with Gasteiger partial charge >= 0.3 is 0 Å². The summed E-state index contributed by atoms with van der Waals surface area (Å²) in [6, 6.07) is 13.3. The standard InChI is InChI=1S/C23H22N4O2S/c1-26-17-12-6-5-11-16(17)19(21(26)28)20-22(29)27(15-9-3-2-4-10-15)23(30-20)25-18-13-7-8-14-24-18/h5-8,11-15H,2-4,9-10H2,1H3/b20-19-,25-23+. The number of pyridine rings is 1. The lowest BCUT2D eigenvalue weighted by Crippen LogP contribution is -2.40. The van der Waals surface area contributed by atoms with Crippen molar-refractivity contribution >= 4 is 45.8 Å². The summed E-state index contributed by atoms with van der Waals surface area (Å²) in [5.74, 6) is 0.305. The van der Waals surface area contributed by atoms with Gasteiger partial charge < -0.3 is 4.90 Å². The molecule has 2 fully saturated rings. The van der Waals surface area contributed by atoms with Gasteiger partial charge in [-0.1, -0.05) is 43.5 Å². The Morgan fingerprint density at radius 1 is 1.00 bits per heavy atom. The Hall–Kier alpha value is -2.93. The van der Waals surface area contributed by atoms with Gasteiger partial charge in [-0.25, -0.2) is 9.98 Å². The van der Waals surface area contributed by atoms with E-state index in [0.717, 1.165) is 36.9 Å². The van der Waals surface area contributed by atoms with Crippen molar-refractivity contribution in [3.8, 4) is 0 Å². The number of hydrogen-bond acceptors (Lipinski definition) is 5. The van der Waals surface area contributed by atoms with Gasteiger partial charge in [0, 0.05) is 24.8 Å². The van der Waals surface area contributed by atoms with Crippen molar-refractivity contribution in [2.24, 2.45) is 4.99 Å². The summed E-state index contributed by atoms with van der Waals surface area (Å²) in [7, 11) is 1.75. The SMILES string of the molecule is CN1C(=O)/C(=C2\S/C(=N/c3ccccn3)N(C3CCCCC3)C2=O)c2ccccc21. The zero-order valence-electron chi connectivity index (χ0n) is 16.7. The molecule has 6 nitrogen and oxygen atoms in total. The largest absolute Gasteiger partial charge is 0.311 e. The van der Waals surface area contributed by atoms with Crippen LogP contribution in [0.4, 0.5) is 11.5 Å². The minimum Gasteiger partial charge on any atom is -0.311 e. The molecule has 30 heavy (non-hydrogen) atoms. The van der Waals surface area contributed by atoms with E-state index in [0.29, 0.717) is 21.5 Å². The molecule has 1 aromatic carbocycles. The van der Waals surface area contributed by atoms with Gasteiger partial charge in [-0.15, -0.1) is 0 Å². The maximum Gasteiger partial charge on any atom is 0.267 e. The van der Waals surface area contributed by atoms with E-state index in [2.05, 4.69) is 4.98 Å². The topological polar surface area (TPSA) is 65.9 Å². The average Bonchev–Trinajstić information content (AvgIpc) is 3.23. The van der Waals surface area contributed by atoms with Gasteiger partial charge in [0.05, 0.1) is 16.2 Å². The third-order valence-electron chi connectivity index (χ3n) is 5.89. The van der Waals surface area contributed by atoms with Crippen molar-refractivity contribution in [1.82, 2.24) is 9.88 Å². The highest BCUT2D eigenvalue weighted by Gasteiger charge is 2.44. The Bertz CT molecular complexity index is 1070. The first-order valence-electron chi connectivity index (χ1n) is 10.3. The number of benzene rings is 1. The van der Waals surface area contributed by atoms with E-state index in [-0.39, 0.29) is 17.9 Å². The Balaban J connectivity index is 1.63. The molecule has 0 N–H and O–H groups in total. The second-order valence-electron chi connectivity index (χ2n) is 7.74. The minimum absolute atomic E-state index is 0.115. The summed E-state index contributed by atoms with van der Waals surface area (Å²) in [5.41, 5.74) is 2.12. The number of rotatable bonds is 2. The number of thioether (sulfide) groups is 1. The van der Waals surface area contributed by atoms with Gasteiger partial charge in [0.15, 0.2) is 11.0 Å². The first-order chi connectivity index (χ1) is 14.6. The van der Waals surface area contributed by atoms with Gasteiger partial charge in [0.2, 0.25) is 0 Å². The zero-order valence-corrected chi connectivity index (χ0v) is 17.6. The van der Waals surface area contributed by atoms with Gasteiger partial charge in [-0.2, -0.15) is 0 Å². The summed E-state index contributed by atoms with van der Waals surface area (Å²) >= 11 is 1.30. The lowest BCUT2D eigenvalue weighted by Gasteiger charge is -2.30. The number of hydrogen-bond donors (Lipinski definition) is 0. The fraction of sp³-hybridized carbons (Fsp3) is 0.304. The molecule has 0 unspecified atom stereocenters. The van der Waals surface area contributed by atoms with Crippen molar-refractivity contribution in [2.75, 3.05) is 11.9 Å². The first-order valence-corrected chi connectivity index (χ1v) is 11.1. The number of carbonyl (C=O) groups excluding carboxylic acids is 2. The highest BCUT2D eigenvalue weighted by molar-refractivity contribution is 8.18. The highest BCUT2D eigenvalue weighted by Crippen LogP contribution is 2.45. The molecule has 0 atom stereocenters. The second kappa shape index (κ2) is 7.72. The Kier molecular flexibility index (Phi) is 4.90. The van der Waals surface area contributed by atoms with Crippen LogP contribution in [0.3, 0.4) is 0 Å². The van der Waals surface area contributed by atoms with Gasteiger partial charge in [0.25, 0.3) is 11.8 Å². The summed E-state index contributed by atoms with van der Waals surface area (Å²) in [6.07, 6.45) is 7.01. The fourth-order valence-electron chi connectivity index (χ4n) is 4.38. The summed E-state index contributed by atoms with van der Waals surface area (Å²) in [4.78, 5) is 39.6. The molecule has 1 saturated carbocycles. The van der Waals surface area contributed by atoms with Crippen LogP contribution in [-0.2, 0) is 9.59 Å². The van der Waals surface area contributed by atoms with Crippen LogP contribution in [0.1, 0.15) is 37.7 Å². The molecule has 5 rings (SSSR count). The quantitative estimate of drug-likeness (QED) is 0.680. The number of aliphatic imine (C=N–C) groups is 1. The second-order valence-corrected chi connectivity index (χ2v) is 8.71. The lowest BCUT2D eigenvalue weighted by atomic mass is 9.94. The van der Waals surface area contributed by atoms with Crippen LogP contribution in [0.5, 0.6) is 0 Å². The van der Waals surface area contributed by atoms with E-state index in [4.69, 9.17) is 4.99 Å². The van der Waals surface area contributed by atoms with Crippen LogP contribution in [0, 0.1) is 0 Å². The summed E-state index contributed by atoms with van der Waals surface area (Å²) in [5, 5.41) is 0.618. The van der Waals surface area contributed by atoms with E-state index >= 15 is 0 Å². The number of carbonyl (C=O) groups is 2. The molecule has 1 aliphatic carbocycles. The average molecular weight is 419 g/mol. The third-order valence-corrected chi connectivity index (χ3v) is 6.95. The van der Waals surface area contributed by atoms with E-state index < -0.39 is 0 Å². The Labute approximate surface area is 179 Å². The van der Waals surface area contributed by atoms with Gasteiger partial charge in [-0.3, -0.25) is 14.5 Å². The monoisotopic (exact) mass is 418 g/mol. The molecule has 2 amide bonds. The number of amides is 2. The summed E-state index contributed by atoms with van der Waals surface area (Å²) < 4.78 is 0. The molecule has 2 aromatic rings. The smallest absolute Gasteiger partial charge is 0.267 e. The number of amidine groups is 1. The number of likely N-dealkylation sites (N-methyl/N-ethyl adjacent to an activating group) is 1. The highest BCUT2D eigenvalue weighted by atomic mass is 32.2. The van der Waals surface area contributed by atoms with E-state index in [1.165, 1.54) is 18.2 Å². The maximum absolute atomic E-state index is 13.6. The molecule has 152 valence electrons. The molecule has 1 saturated heterocycles. The Morgan fingerprint density at radius 2 is 1.77 bits per heavy atom. The normalized spacial score (nSPS) is 23.6. The maximum atomic E-state index is 13.6. The molecule has 3 aliphatic rings. The number of nitrogens with zero attached hydrogens (tertiary/aromatic N) is 4. The molecule has 0 radical (unpaired) electrons. The van der Waals surface area contributed by atoms with Crippen LogP contribution in [0.25, 0.3) is 5.57 Å². The van der Waals surface area contributed by atoms with Crippen molar-refractivity contribution < 1.29 is 9.59 Å². The molecule has 3 heterocycles. The fourth-order valence-corrected chi connectivity index (χ4v) is 5.52.